The summed E-state index contributed by atoms with van der Waals surface area (Å²) in [6.45, 7) is 0.0326. The van der Waals surface area contributed by atoms with Gasteiger partial charge in [0.2, 0.25) is 0 Å². The lowest BCUT2D eigenvalue weighted by Gasteiger charge is -2.04. The van der Waals surface area contributed by atoms with Gasteiger partial charge in [-0.15, -0.1) is 0 Å². The third kappa shape index (κ3) is 2.94. The maximum Gasteiger partial charge on any atom is 0.131 e. The molecule has 5 heteroatoms. The smallest absolute Gasteiger partial charge is 0.131 e. The minimum atomic E-state index is 0.0326. The Bertz CT molecular complexity index is 532. The van der Waals surface area contributed by atoms with Crippen LogP contribution in [0.3, 0.4) is 0 Å². The molecule has 2 rings (SSSR count). The van der Waals surface area contributed by atoms with Gasteiger partial charge in [-0.3, -0.25) is 0 Å². The SMILES string of the molecule is OCCc1nccc(-c2ccc(Cl)c(Cl)c2)n1. The lowest BCUT2D eigenvalue weighted by atomic mass is 10.1. The average molecular weight is 269 g/mol. The standard InChI is InChI=1S/C12H10Cl2N2O/c13-9-2-1-8(7-10(9)14)11-3-5-15-12(16-11)4-6-17/h1-3,5,7,17H,4,6H2. The zero-order valence-electron chi connectivity index (χ0n) is 8.90. The highest BCUT2D eigenvalue weighted by Gasteiger charge is 2.04. The van der Waals surface area contributed by atoms with Gasteiger partial charge in [0.1, 0.15) is 5.82 Å². The molecular formula is C12H10Cl2N2O. The third-order valence-corrected chi connectivity index (χ3v) is 3.00. The second kappa shape index (κ2) is 5.45. The Morgan fingerprint density at radius 3 is 2.65 bits per heavy atom. The molecule has 0 saturated carbocycles. The van der Waals surface area contributed by atoms with Gasteiger partial charge in [-0.1, -0.05) is 29.3 Å². The van der Waals surface area contributed by atoms with Crippen LogP contribution in [-0.4, -0.2) is 21.7 Å². The summed E-state index contributed by atoms with van der Waals surface area (Å²) in [5.74, 6) is 0.607. The van der Waals surface area contributed by atoms with Crippen molar-refractivity contribution < 1.29 is 5.11 Å². The van der Waals surface area contributed by atoms with Crippen LogP contribution in [0.4, 0.5) is 0 Å². The molecule has 1 aromatic carbocycles. The summed E-state index contributed by atoms with van der Waals surface area (Å²) in [6, 6.07) is 7.13. The van der Waals surface area contributed by atoms with Crippen LogP contribution in [0, 0.1) is 0 Å². The lowest BCUT2D eigenvalue weighted by Crippen LogP contribution is -1.99. The molecule has 2 aromatic rings. The van der Waals surface area contributed by atoms with Crippen molar-refractivity contribution in [3.05, 3.63) is 46.3 Å². The molecule has 1 aromatic heterocycles. The van der Waals surface area contributed by atoms with Gasteiger partial charge >= 0.3 is 0 Å². The molecule has 0 unspecified atom stereocenters. The first-order valence-corrected chi connectivity index (χ1v) is 5.84. The number of aliphatic hydroxyl groups excluding tert-OH is 1. The van der Waals surface area contributed by atoms with E-state index in [1.165, 1.54) is 0 Å². The molecule has 0 bridgehead atoms. The molecule has 3 nitrogen and oxygen atoms in total. The van der Waals surface area contributed by atoms with Gasteiger partial charge in [-0.25, -0.2) is 9.97 Å². The number of benzene rings is 1. The number of nitrogens with zero attached hydrogens (tertiary/aromatic N) is 2. The predicted octanol–water partition coefficient (Wildman–Crippen LogP) is 2.99. The number of hydrogen-bond donors (Lipinski definition) is 1. The Balaban J connectivity index is 2.38. The van der Waals surface area contributed by atoms with Crippen LogP contribution < -0.4 is 0 Å². The Kier molecular flexibility index (Phi) is 3.94. The molecule has 0 aliphatic rings. The van der Waals surface area contributed by atoms with Crippen LogP contribution in [0.2, 0.25) is 10.0 Å². The molecule has 0 atom stereocenters. The fraction of sp³-hybridized carbons (Fsp3) is 0.167. The number of rotatable bonds is 3. The van der Waals surface area contributed by atoms with E-state index in [2.05, 4.69) is 9.97 Å². The number of halogens is 2. The van der Waals surface area contributed by atoms with Crippen molar-refractivity contribution >= 4 is 23.2 Å². The minimum absolute atomic E-state index is 0.0326. The van der Waals surface area contributed by atoms with Gasteiger partial charge < -0.3 is 5.11 Å². The fourth-order valence-electron chi connectivity index (χ4n) is 1.44. The summed E-state index contributed by atoms with van der Waals surface area (Å²) >= 11 is 11.8. The van der Waals surface area contributed by atoms with Crippen molar-refractivity contribution in [1.29, 1.82) is 0 Å². The van der Waals surface area contributed by atoms with Crippen molar-refractivity contribution in [3.63, 3.8) is 0 Å². The van der Waals surface area contributed by atoms with Gasteiger partial charge in [0, 0.05) is 18.2 Å². The maximum absolute atomic E-state index is 8.84. The number of hydrogen-bond acceptors (Lipinski definition) is 3. The Morgan fingerprint density at radius 1 is 1.12 bits per heavy atom. The molecule has 0 radical (unpaired) electrons. The van der Waals surface area contributed by atoms with E-state index in [0.29, 0.717) is 22.3 Å². The minimum Gasteiger partial charge on any atom is -0.396 e. The first-order valence-electron chi connectivity index (χ1n) is 5.09. The summed E-state index contributed by atoms with van der Waals surface area (Å²) in [5, 5.41) is 9.85. The van der Waals surface area contributed by atoms with Gasteiger partial charge in [0.25, 0.3) is 0 Å². The molecule has 0 fully saturated rings. The highest BCUT2D eigenvalue weighted by Crippen LogP contribution is 2.27. The normalized spacial score (nSPS) is 10.5. The highest BCUT2D eigenvalue weighted by atomic mass is 35.5. The van der Waals surface area contributed by atoms with E-state index in [4.69, 9.17) is 28.3 Å². The quantitative estimate of drug-likeness (QED) is 0.931. The summed E-state index contributed by atoms with van der Waals surface area (Å²) in [5.41, 5.74) is 1.64. The van der Waals surface area contributed by atoms with Gasteiger partial charge in [-0.05, 0) is 18.2 Å². The second-order valence-electron chi connectivity index (χ2n) is 3.46. The topological polar surface area (TPSA) is 46.0 Å². The molecule has 0 spiro atoms. The van der Waals surface area contributed by atoms with Crippen LogP contribution >= 0.6 is 23.2 Å². The largest absolute Gasteiger partial charge is 0.396 e. The number of aliphatic hydroxyl groups is 1. The lowest BCUT2D eigenvalue weighted by molar-refractivity contribution is 0.296. The summed E-state index contributed by atoms with van der Waals surface area (Å²) in [7, 11) is 0. The number of aromatic nitrogens is 2. The van der Waals surface area contributed by atoms with Crippen LogP contribution in [0.1, 0.15) is 5.82 Å². The molecule has 1 heterocycles. The van der Waals surface area contributed by atoms with Crippen molar-refractivity contribution in [2.45, 2.75) is 6.42 Å². The first kappa shape index (κ1) is 12.3. The van der Waals surface area contributed by atoms with Crippen molar-refractivity contribution in [3.8, 4) is 11.3 Å². The molecule has 0 amide bonds. The summed E-state index contributed by atoms with van der Waals surface area (Å²) in [6.07, 6.45) is 2.10. The van der Waals surface area contributed by atoms with Crippen LogP contribution in [0.15, 0.2) is 30.5 Å². The van der Waals surface area contributed by atoms with Crippen LogP contribution in [0.5, 0.6) is 0 Å². The van der Waals surface area contributed by atoms with E-state index >= 15 is 0 Å². The Hall–Kier alpha value is -1.16. The van der Waals surface area contributed by atoms with E-state index in [1.807, 2.05) is 6.07 Å². The van der Waals surface area contributed by atoms with E-state index in [0.717, 1.165) is 11.3 Å². The Morgan fingerprint density at radius 2 is 1.94 bits per heavy atom. The van der Waals surface area contributed by atoms with Crippen LogP contribution in [-0.2, 0) is 6.42 Å². The predicted molar refractivity (Wildman–Crippen MR) is 68.3 cm³/mol. The third-order valence-electron chi connectivity index (χ3n) is 2.26. The molecule has 0 saturated heterocycles. The molecule has 0 aliphatic carbocycles. The van der Waals surface area contributed by atoms with Crippen molar-refractivity contribution in [1.82, 2.24) is 9.97 Å². The van der Waals surface area contributed by atoms with Gasteiger partial charge in [-0.2, -0.15) is 0 Å². The molecule has 1 N–H and O–H groups in total. The first-order chi connectivity index (χ1) is 8.20. The molecule has 88 valence electrons. The monoisotopic (exact) mass is 268 g/mol. The van der Waals surface area contributed by atoms with Gasteiger partial charge in [0.05, 0.1) is 22.3 Å². The molecule has 17 heavy (non-hydrogen) atoms. The van der Waals surface area contributed by atoms with E-state index in [-0.39, 0.29) is 6.61 Å². The highest BCUT2D eigenvalue weighted by molar-refractivity contribution is 6.42. The maximum atomic E-state index is 8.84. The van der Waals surface area contributed by atoms with E-state index < -0.39 is 0 Å². The van der Waals surface area contributed by atoms with Gasteiger partial charge in [0.15, 0.2) is 0 Å². The van der Waals surface area contributed by atoms with E-state index in [9.17, 15) is 0 Å². The zero-order valence-corrected chi connectivity index (χ0v) is 10.4. The second-order valence-corrected chi connectivity index (χ2v) is 4.28. The van der Waals surface area contributed by atoms with Crippen molar-refractivity contribution in [2.75, 3.05) is 6.61 Å². The van der Waals surface area contributed by atoms with E-state index in [1.54, 1.807) is 24.4 Å². The fourth-order valence-corrected chi connectivity index (χ4v) is 1.73. The zero-order chi connectivity index (χ0) is 12.3. The average Bonchev–Trinajstić information content (AvgIpc) is 2.33. The Labute approximate surface area is 109 Å². The van der Waals surface area contributed by atoms with Crippen molar-refractivity contribution in [2.24, 2.45) is 0 Å². The molecular weight excluding hydrogens is 259 g/mol. The van der Waals surface area contributed by atoms with Crippen LogP contribution in [0.25, 0.3) is 11.3 Å². The molecule has 0 aliphatic heterocycles. The summed E-state index contributed by atoms with van der Waals surface area (Å²) < 4.78 is 0. The summed E-state index contributed by atoms with van der Waals surface area (Å²) in [4.78, 5) is 8.40.